The van der Waals surface area contributed by atoms with Crippen molar-refractivity contribution >= 4 is 47.4 Å². The van der Waals surface area contributed by atoms with Gasteiger partial charge in [-0.3, -0.25) is 4.99 Å². The van der Waals surface area contributed by atoms with Crippen LogP contribution in [0.4, 0.5) is 5.82 Å². The number of nitrogens with one attached hydrogen (secondary N) is 2. The van der Waals surface area contributed by atoms with Crippen molar-refractivity contribution in [2.24, 2.45) is 10.4 Å². The predicted molar refractivity (Wildman–Crippen MR) is 140 cm³/mol. The Morgan fingerprint density at radius 2 is 1.97 bits per heavy atom. The van der Waals surface area contributed by atoms with Gasteiger partial charge in [0, 0.05) is 50.0 Å². The van der Waals surface area contributed by atoms with Crippen LogP contribution in [-0.4, -0.2) is 50.8 Å². The van der Waals surface area contributed by atoms with Crippen molar-refractivity contribution in [3.63, 3.8) is 0 Å². The second-order valence-corrected chi connectivity index (χ2v) is 8.77. The summed E-state index contributed by atoms with van der Waals surface area (Å²) in [6.45, 7) is 9.17. The molecule has 8 heteroatoms. The predicted octanol–water partition coefficient (Wildman–Crippen LogP) is 4.12. The Bertz CT molecular complexity index is 855. The number of aromatic nitrogens is 1. The lowest BCUT2D eigenvalue weighted by Crippen LogP contribution is -2.43. The number of morpholine rings is 1. The van der Waals surface area contributed by atoms with Gasteiger partial charge in [0.05, 0.1) is 13.2 Å². The Balaban J connectivity index is 0.00000341. The number of pyridine rings is 1. The number of guanidine groups is 1. The van der Waals surface area contributed by atoms with Crippen LogP contribution in [0.5, 0.6) is 0 Å². The van der Waals surface area contributed by atoms with E-state index in [1.807, 2.05) is 30.5 Å². The number of aliphatic imine (C=N–C) groups is 1. The van der Waals surface area contributed by atoms with Crippen molar-refractivity contribution in [3.05, 3.63) is 58.7 Å². The van der Waals surface area contributed by atoms with Gasteiger partial charge in [-0.05, 0) is 35.6 Å². The van der Waals surface area contributed by atoms with E-state index in [0.29, 0.717) is 6.54 Å². The maximum absolute atomic E-state index is 6.13. The maximum atomic E-state index is 6.13. The van der Waals surface area contributed by atoms with Crippen molar-refractivity contribution in [3.8, 4) is 0 Å². The quantitative estimate of drug-likeness (QED) is 0.305. The minimum absolute atomic E-state index is 0. The second-order valence-electron chi connectivity index (χ2n) is 8.34. The van der Waals surface area contributed by atoms with Crippen LogP contribution >= 0.6 is 35.6 Å². The molecule has 0 atom stereocenters. The molecule has 1 aromatic heterocycles. The van der Waals surface area contributed by atoms with Crippen LogP contribution in [0.2, 0.25) is 5.02 Å². The Hall–Kier alpha value is -1.58. The molecule has 0 radical (unpaired) electrons. The number of halogens is 2. The number of anilines is 1. The van der Waals surface area contributed by atoms with Gasteiger partial charge in [-0.2, -0.15) is 0 Å². The molecule has 1 fully saturated rings. The van der Waals surface area contributed by atoms with Gasteiger partial charge < -0.3 is 20.3 Å². The zero-order chi connectivity index (χ0) is 21.4. The summed E-state index contributed by atoms with van der Waals surface area (Å²) in [6, 6.07) is 12.2. The van der Waals surface area contributed by atoms with Gasteiger partial charge in [0.2, 0.25) is 0 Å². The smallest absolute Gasteiger partial charge is 0.191 e. The lowest BCUT2D eigenvalue weighted by atomic mass is 9.86. The van der Waals surface area contributed by atoms with Gasteiger partial charge >= 0.3 is 0 Å². The number of hydrogen-bond acceptors (Lipinski definition) is 4. The molecule has 170 valence electrons. The third-order valence-electron chi connectivity index (χ3n) is 5.15. The number of ether oxygens (including phenoxy) is 1. The minimum atomic E-state index is 0. The Labute approximate surface area is 207 Å². The largest absolute Gasteiger partial charge is 0.378 e. The third-order valence-corrected chi connectivity index (χ3v) is 5.39. The Morgan fingerprint density at radius 3 is 2.68 bits per heavy atom. The van der Waals surface area contributed by atoms with Gasteiger partial charge in [-0.1, -0.05) is 43.6 Å². The van der Waals surface area contributed by atoms with Crippen molar-refractivity contribution in [1.29, 1.82) is 0 Å². The molecule has 0 unspecified atom stereocenters. The number of hydrogen-bond donors (Lipinski definition) is 2. The summed E-state index contributed by atoms with van der Waals surface area (Å²) in [4.78, 5) is 11.3. The molecule has 1 saturated heterocycles. The highest BCUT2D eigenvalue weighted by atomic mass is 127. The highest BCUT2D eigenvalue weighted by Gasteiger charge is 2.20. The van der Waals surface area contributed by atoms with E-state index in [1.165, 1.54) is 5.56 Å². The average molecular weight is 558 g/mol. The lowest BCUT2D eigenvalue weighted by molar-refractivity contribution is 0.122. The molecular weight excluding hydrogens is 525 g/mol. The Morgan fingerprint density at radius 1 is 1.19 bits per heavy atom. The first-order valence-corrected chi connectivity index (χ1v) is 10.8. The normalized spacial score (nSPS) is 14.7. The average Bonchev–Trinajstić information content (AvgIpc) is 2.74. The van der Waals surface area contributed by atoms with Crippen LogP contribution in [0, 0.1) is 5.41 Å². The summed E-state index contributed by atoms with van der Waals surface area (Å²) >= 11 is 6.13. The molecule has 0 bridgehead atoms. The SMILES string of the molecule is CN=C(NCc1cccnc1N1CCOCC1)NCC(C)(C)Cc1cccc(Cl)c1.I. The summed E-state index contributed by atoms with van der Waals surface area (Å²) < 4.78 is 5.47. The van der Waals surface area contributed by atoms with Gasteiger partial charge in [0.15, 0.2) is 5.96 Å². The molecule has 2 aromatic rings. The highest BCUT2D eigenvalue weighted by Crippen LogP contribution is 2.23. The second kappa shape index (κ2) is 12.5. The van der Waals surface area contributed by atoms with E-state index in [4.69, 9.17) is 16.3 Å². The van der Waals surface area contributed by atoms with Gasteiger partial charge in [-0.25, -0.2) is 4.98 Å². The monoisotopic (exact) mass is 557 g/mol. The van der Waals surface area contributed by atoms with Crippen molar-refractivity contribution in [2.75, 3.05) is 44.8 Å². The molecule has 0 saturated carbocycles. The molecular formula is C23H33ClIN5O. The van der Waals surface area contributed by atoms with E-state index in [0.717, 1.165) is 61.6 Å². The molecule has 0 aliphatic carbocycles. The number of benzene rings is 1. The summed E-state index contributed by atoms with van der Waals surface area (Å²) in [5, 5.41) is 7.68. The van der Waals surface area contributed by atoms with Crippen LogP contribution in [-0.2, 0) is 17.7 Å². The summed E-state index contributed by atoms with van der Waals surface area (Å²) in [5.41, 5.74) is 2.44. The lowest BCUT2D eigenvalue weighted by Gasteiger charge is -2.29. The van der Waals surface area contributed by atoms with E-state index < -0.39 is 0 Å². The molecule has 2 heterocycles. The third kappa shape index (κ3) is 8.12. The van der Waals surface area contributed by atoms with E-state index in [9.17, 15) is 0 Å². The van der Waals surface area contributed by atoms with E-state index >= 15 is 0 Å². The van der Waals surface area contributed by atoms with Crippen molar-refractivity contribution in [2.45, 2.75) is 26.8 Å². The van der Waals surface area contributed by atoms with Crippen LogP contribution in [0.1, 0.15) is 25.0 Å². The molecule has 31 heavy (non-hydrogen) atoms. The van der Waals surface area contributed by atoms with Crippen LogP contribution < -0.4 is 15.5 Å². The molecule has 0 amide bonds. The molecule has 6 nitrogen and oxygen atoms in total. The first kappa shape index (κ1) is 25.7. The zero-order valence-electron chi connectivity index (χ0n) is 18.5. The first-order valence-electron chi connectivity index (χ1n) is 10.4. The summed E-state index contributed by atoms with van der Waals surface area (Å²) in [5.74, 6) is 1.80. The molecule has 1 aliphatic rings. The highest BCUT2D eigenvalue weighted by molar-refractivity contribution is 14.0. The number of nitrogens with zero attached hydrogens (tertiary/aromatic N) is 3. The fourth-order valence-corrected chi connectivity index (χ4v) is 3.83. The van der Waals surface area contributed by atoms with Crippen LogP contribution in [0.3, 0.4) is 0 Å². The maximum Gasteiger partial charge on any atom is 0.191 e. The van der Waals surface area contributed by atoms with Crippen molar-refractivity contribution in [1.82, 2.24) is 15.6 Å². The molecule has 1 aromatic carbocycles. The molecule has 0 spiro atoms. The zero-order valence-corrected chi connectivity index (χ0v) is 21.6. The van der Waals surface area contributed by atoms with Gasteiger partial charge in [0.1, 0.15) is 5.82 Å². The van der Waals surface area contributed by atoms with Crippen molar-refractivity contribution < 1.29 is 4.74 Å². The van der Waals surface area contributed by atoms with Gasteiger partial charge in [0.25, 0.3) is 0 Å². The first-order chi connectivity index (χ1) is 14.5. The Kier molecular flexibility index (Phi) is 10.3. The molecule has 1 aliphatic heterocycles. The topological polar surface area (TPSA) is 61.8 Å². The van der Waals surface area contributed by atoms with E-state index in [2.05, 4.69) is 51.5 Å². The van der Waals surface area contributed by atoms with Crippen LogP contribution in [0.25, 0.3) is 0 Å². The molecule has 3 rings (SSSR count). The fraction of sp³-hybridized carbons (Fsp3) is 0.478. The van der Waals surface area contributed by atoms with Crippen LogP contribution in [0.15, 0.2) is 47.6 Å². The molecule has 2 N–H and O–H groups in total. The van der Waals surface area contributed by atoms with E-state index in [-0.39, 0.29) is 29.4 Å². The summed E-state index contributed by atoms with van der Waals surface area (Å²) in [6.07, 6.45) is 2.78. The fourth-order valence-electron chi connectivity index (χ4n) is 3.61. The standard InChI is InChI=1S/C23H32ClN5O.HI/c1-23(2,15-18-6-4-8-20(24)14-18)17-28-22(25-3)27-16-19-7-5-9-26-21(19)29-10-12-30-13-11-29;/h4-9,14H,10-13,15-17H2,1-3H3,(H2,25,27,28);1H. The summed E-state index contributed by atoms with van der Waals surface area (Å²) in [7, 11) is 1.80. The van der Waals surface area contributed by atoms with E-state index in [1.54, 1.807) is 7.05 Å². The minimum Gasteiger partial charge on any atom is -0.378 e. The van der Waals surface area contributed by atoms with Gasteiger partial charge in [-0.15, -0.1) is 24.0 Å². The number of rotatable bonds is 7.